The van der Waals surface area contributed by atoms with E-state index >= 15 is 0 Å². The molecule has 0 radical (unpaired) electrons. The molecule has 30 heavy (non-hydrogen) atoms. The summed E-state index contributed by atoms with van der Waals surface area (Å²) in [5.74, 6) is -4.05. The normalized spacial score (nSPS) is 11.2. The highest BCUT2D eigenvalue weighted by Crippen LogP contribution is 2.25. The van der Waals surface area contributed by atoms with Crippen molar-refractivity contribution in [3.63, 3.8) is 0 Å². The van der Waals surface area contributed by atoms with Crippen molar-refractivity contribution in [3.05, 3.63) is 41.1 Å². The molecule has 1 aromatic carbocycles. The molecule has 0 aliphatic heterocycles. The summed E-state index contributed by atoms with van der Waals surface area (Å²) in [7, 11) is 0. The number of carbonyl (C=O) groups excluding carboxylic acids is 3. The lowest BCUT2D eigenvalue weighted by atomic mass is 10.1. The zero-order valence-corrected chi connectivity index (χ0v) is 17.0. The third kappa shape index (κ3) is 9.19. The predicted octanol–water partition coefficient (Wildman–Crippen LogP) is 2.70. The van der Waals surface area contributed by atoms with E-state index < -0.39 is 37.5 Å². The molecule has 8 nitrogen and oxygen atoms in total. The third-order valence-corrected chi connectivity index (χ3v) is 3.83. The van der Waals surface area contributed by atoms with Crippen molar-refractivity contribution in [3.8, 4) is 5.75 Å². The molecular formula is C19H22ClF2NO7. The minimum Gasteiger partial charge on any atom is -0.463 e. The van der Waals surface area contributed by atoms with Gasteiger partial charge in [-0.3, -0.25) is 9.59 Å². The second kappa shape index (κ2) is 14.3. The summed E-state index contributed by atoms with van der Waals surface area (Å²) in [4.78, 5) is 35.1. The highest BCUT2D eigenvalue weighted by atomic mass is 35.5. The highest BCUT2D eigenvalue weighted by molar-refractivity contribution is 6.32. The minimum absolute atomic E-state index is 0.00687. The average Bonchev–Trinajstić information content (AvgIpc) is 2.70. The summed E-state index contributed by atoms with van der Waals surface area (Å²) in [5.41, 5.74) is 0. The first-order valence-corrected chi connectivity index (χ1v) is 9.26. The molecule has 0 bridgehead atoms. The van der Waals surface area contributed by atoms with Crippen LogP contribution in [0.3, 0.4) is 0 Å². The van der Waals surface area contributed by atoms with Crippen LogP contribution in [0.2, 0.25) is 5.02 Å². The Kier molecular flexibility index (Phi) is 12.1. The summed E-state index contributed by atoms with van der Waals surface area (Å²) < 4.78 is 43.2. The van der Waals surface area contributed by atoms with Crippen molar-refractivity contribution >= 4 is 29.5 Å². The van der Waals surface area contributed by atoms with Gasteiger partial charge in [-0.15, -0.1) is 0 Å². The van der Waals surface area contributed by atoms with Gasteiger partial charge in [-0.05, 0) is 32.0 Å². The van der Waals surface area contributed by atoms with Crippen molar-refractivity contribution in [2.75, 3.05) is 33.4 Å². The molecule has 0 saturated heterocycles. The van der Waals surface area contributed by atoms with E-state index in [0.29, 0.717) is 10.8 Å². The van der Waals surface area contributed by atoms with Gasteiger partial charge in [0.15, 0.2) is 5.92 Å². The van der Waals surface area contributed by atoms with Crippen molar-refractivity contribution in [2.24, 2.45) is 5.92 Å². The van der Waals surface area contributed by atoms with E-state index in [4.69, 9.17) is 21.1 Å². The van der Waals surface area contributed by atoms with Crippen LogP contribution in [0.1, 0.15) is 13.3 Å². The Labute approximate surface area is 177 Å². The van der Waals surface area contributed by atoms with Crippen LogP contribution in [0.4, 0.5) is 8.78 Å². The van der Waals surface area contributed by atoms with E-state index in [9.17, 15) is 23.2 Å². The van der Waals surface area contributed by atoms with Crippen LogP contribution in [0.5, 0.6) is 5.75 Å². The van der Waals surface area contributed by atoms with Crippen LogP contribution in [-0.4, -0.2) is 51.3 Å². The second-order valence-corrected chi connectivity index (χ2v) is 5.97. The minimum atomic E-state index is -1.51. The van der Waals surface area contributed by atoms with Gasteiger partial charge in [0.25, 0.3) is 0 Å². The topological polar surface area (TPSA) is 100 Å². The van der Waals surface area contributed by atoms with Crippen LogP contribution in [-0.2, 0) is 28.6 Å². The number of nitrogens with one attached hydrogen (secondary N) is 1. The molecule has 0 aromatic heterocycles. The first-order valence-electron chi connectivity index (χ1n) is 8.88. The molecule has 0 spiro atoms. The number of carbonyl (C=O) groups is 3. The highest BCUT2D eigenvalue weighted by Gasteiger charge is 2.29. The molecule has 0 saturated carbocycles. The first kappa shape index (κ1) is 25.3. The summed E-state index contributed by atoms with van der Waals surface area (Å²) in [5, 5.41) is 3.16. The fourth-order valence-electron chi connectivity index (χ4n) is 2.20. The average molecular weight is 450 g/mol. The number of benzene rings is 1. The van der Waals surface area contributed by atoms with Crippen molar-refractivity contribution < 1.29 is 42.1 Å². The molecular weight excluding hydrogens is 428 g/mol. The number of halogens is 3. The van der Waals surface area contributed by atoms with Gasteiger partial charge in [-0.25, -0.2) is 13.6 Å². The lowest BCUT2D eigenvalue weighted by Gasteiger charge is -2.15. The molecule has 1 rings (SSSR count). The molecule has 0 fully saturated rings. The Morgan fingerprint density at radius 2 is 1.73 bits per heavy atom. The zero-order valence-electron chi connectivity index (χ0n) is 16.2. The van der Waals surface area contributed by atoms with Gasteiger partial charge in [0, 0.05) is 0 Å². The standard InChI is InChI=1S/C19H22ClF2NO7/c1-2-27-17(24)9-13(30-16-6-4-3-5-15(16)20)10-23-8-7-14(18(25)28-11-21)19(26)29-12-22/h3-6,9,14,23H,2,7-8,10-12H2,1H3/b13-9-. The molecule has 0 atom stereocenters. The number of para-hydroxylation sites is 1. The summed E-state index contributed by atoms with van der Waals surface area (Å²) >= 11 is 6.05. The molecule has 11 heteroatoms. The molecule has 0 heterocycles. The number of hydrogen-bond donors (Lipinski definition) is 1. The van der Waals surface area contributed by atoms with Crippen LogP contribution < -0.4 is 10.1 Å². The third-order valence-electron chi connectivity index (χ3n) is 3.51. The Balaban J connectivity index is 2.75. The van der Waals surface area contributed by atoms with E-state index in [1.165, 1.54) is 0 Å². The van der Waals surface area contributed by atoms with Gasteiger partial charge < -0.3 is 24.3 Å². The molecule has 0 unspecified atom stereocenters. The largest absolute Gasteiger partial charge is 0.463 e. The number of alkyl halides is 2. The monoisotopic (exact) mass is 449 g/mol. The molecule has 0 aliphatic rings. The van der Waals surface area contributed by atoms with Gasteiger partial charge in [0.2, 0.25) is 13.7 Å². The van der Waals surface area contributed by atoms with E-state index in [1.54, 1.807) is 31.2 Å². The fourth-order valence-corrected chi connectivity index (χ4v) is 2.37. The second-order valence-electron chi connectivity index (χ2n) is 5.56. The van der Waals surface area contributed by atoms with Gasteiger partial charge in [-0.2, -0.15) is 0 Å². The van der Waals surface area contributed by atoms with Gasteiger partial charge in [-0.1, -0.05) is 23.7 Å². The number of hydrogen-bond acceptors (Lipinski definition) is 8. The number of rotatable bonds is 13. The lowest BCUT2D eigenvalue weighted by molar-refractivity contribution is -0.166. The van der Waals surface area contributed by atoms with E-state index in [0.717, 1.165) is 6.08 Å². The summed E-state index contributed by atoms with van der Waals surface area (Å²) in [6.45, 7) is -1.02. The molecule has 0 aliphatic carbocycles. The Hall–Kier alpha value is -2.72. The van der Waals surface area contributed by atoms with E-state index in [2.05, 4.69) is 14.8 Å². The molecule has 1 aromatic rings. The smallest absolute Gasteiger partial charge is 0.334 e. The fraction of sp³-hybridized carbons (Fsp3) is 0.421. The van der Waals surface area contributed by atoms with E-state index in [-0.39, 0.29) is 31.9 Å². The maximum atomic E-state index is 12.2. The Morgan fingerprint density at radius 1 is 1.10 bits per heavy atom. The van der Waals surface area contributed by atoms with Crippen LogP contribution in [0.25, 0.3) is 0 Å². The van der Waals surface area contributed by atoms with Crippen LogP contribution in [0.15, 0.2) is 36.1 Å². The van der Waals surface area contributed by atoms with Gasteiger partial charge >= 0.3 is 17.9 Å². The predicted molar refractivity (Wildman–Crippen MR) is 102 cm³/mol. The van der Waals surface area contributed by atoms with Gasteiger partial charge in [0.05, 0.1) is 24.3 Å². The maximum Gasteiger partial charge on any atom is 0.334 e. The van der Waals surface area contributed by atoms with Crippen LogP contribution >= 0.6 is 11.6 Å². The summed E-state index contributed by atoms with van der Waals surface area (Å²) in [6, 6.07) is 6.59. The van der Waals surface area contributed by atoms with E-state index in [1.807, 2.05) is 0 Å². The molecule has 1 N–H and O–H groups in total. The Morgan fingerprint density at radius 3 is 2.30 bits per heavy atom. The quantitative estimate of drug-likeness (QED) is 0.122. The number of ether oxygens (including phenoxy) is 4. The molecule has 0 amide bonds. The van der Waals surface area contributed by atoms with Crippen LogP contribution in [0, 0.1) is 5.92 Å². The maximum absolute atomic E-state index is 12.2. The van der Waals surface area contributed by atoms with Crippen molar-refractivity contribution in [2.45, 2.75) is 13.3 Å². The van der Waals surface area contributed by atoms with Crippen molar-refractivity contribution in [1.82, 2.24) is 5.32 Å². The van der Waals surface area contributed by atoms with Crippen molar-refractivity contribution in [1.29, 1.82) is 0 Å². The first-order chi connectivity index (χ1) is 14.4. The lowest BCUT2D eigenvalue weighted by Crippen LogP contribution is -2.32. The molecule has 166 valence electrons. The number of esters is 3. The van der Waals surface area contributed by atoms with Gasteiger partial charge in [0.1, 0.15) is 11.5 Å². The Bertz CT molecular complexity index is 727. The summed E-state index contributed by atoms with van der Waals surface area (Å²) in [6.07, 6.45) is 0.947. The SMILES string of the molecule is CCOC(=O)/C=C(/CNCCC(C(=O)OCF)C(=O)OCF)Oc1ccccc1Cl. The zero-order chi connectivity index (χ0) is 22.4.